The lowest BCUT2D eigenvalue weighted by atomic mass is 9.94. The molecule has 7 nitrogen and oxygen atoms in total. The van der Waals surface area contributed by atoms with Gasteiger partial charge in [-0.15, -0.1) is 0 Å². The van der Waals surface area contributed by atoms with Gasteiger partial charge in [0, 0.05) is 49.7 Å². The highest BCUT2D eigenvalue weighted by Gasteiger charge is 2.29. The Balaban J connectivity index is 1.54. The zero-order chi connectivity index (χ0) is 18.9. The van der Waals surface area contributed by atoms with Crippen molar-refractivity contribution in [1.82, 2.24) is 15.1 Å². The number of benzene rings is 1. The van der Waals surface area contributed by atoms with Crippen LogP contribution in [0.25, 0.3) is 0 Å². The molecule has 1 N–H and O–H groups in total. The molecule has 27 heavy (non-hydrogen) atoms. The van der Waals surface area contributed by atoms with Crippen LogP contribution in [0.1, 0.15) is 34.8 Å². The summed E-state index contributed by atoms with van der Waals surface area (Å²) in [7, 11) is -2.96. The molecule has 4 rings (SSSR count). The highest BCUT2D eigenvalue weighted by atomic mass is 32.2. The molecule has 1 aromatic carbocycles. The fraction of sp³-hybridized carbons (Fsp3) is 0.474. The van der Waals surface area contributed by atoms with Crippen molar-refractivity contribution in [2.24, 2.45) is 0 Å². The van der Waals surface area contributed by atoms with E-state index < -0.39 is 9.84 Å². The van der Waals surface area contributed by atoms with Gasteiger partial charge >= 0.3 is 0 Å². The highest BCUT2D eigenvalue weighted by Crippen LogP contribution is 2.29. The molecule has 2 aliphatic rings. The van der Waals surface area contributed by atoms with Crippen LogP contribution in [0.2, 0.25) is 0 Å². The predicted octanol–water partition coefficient (Wildman–Crippen LogP) is 1.66. The van der Waals surface area contributed by atoms with Gasteiger partial charge in [-0.1, -0.05) is 12.1 Å². The van der Waals surface area contributed by atoms with E-state index in [-0.39, 0.29) is 23.3 Å². The van der Waals surface area contributed by atoms with Gasteiger partial charge in [0.15, 0.2) is 9.84 Å². The number of aromatic amines is 1. The smallest absolute Gasteiger partial charge is 0.255 e. The number of piperidine rings is 1. The lowest BCUT2D eigenvalue weighted by molar-refractivity contribution is 0.0706. The third-order valence-electron chi connectivity index (χ3n) is 5.49. The van der Waals surface area contributed by atoms with Gasteiger partial charge in [0.1, 0.15) is 0 Å². The van der Waals surface area contributed by atoms with Crippen LogP contribution in [-0.2, 0) is 9.84 Å². The van der Waals surface area contributed by atoms with Crippen molar-refractivity contribution in [2.75, 3.05) is 42.6 Å². The van der Waals surface area contributed by atoms with E-state index in [1.165, 1.54) is 0 Å². The fourth-order valence-corrected chi connectivity index (χ4v) is 5.16. The van der Waals surface area contributed by atoms with Crippen LogP contribution in [-0.4, -0.2) is 67.1 Å². The largest absolute Gasteiger partial charge is 0.369 e. The van der Waals surface area contributed by atoms with Crippen molar-refractivity contribution < 1.29 is 13.2 Å². The second-order valence-corrected chi connectivity index (χ2v) is 9.56. The summed E-state index contributed by atoms with van der Waals surface area (Å²) in [5, 5.41) is 7.05. The zero-order valence-electron chi connectivity index (χ0n) is 15.2. The number of carbonyl (C=O) groups is 1. The number of hydrogen-bond acceptors (Lipinski definition) is 5. The average Bonchev–Trinajstić information content (AvgIpc) is 3.22. The number of anilines is 1. The van der Waals surface area contributed by atoms with Crippen molar-refractivity contribution in [3.8, 4) is 0 Å². The molecule has 2 fully saturated rings. The van der Waals surface area contributed by atoms with Crippen molar-refractivity contribution in [2.45, 2.75) is 18.8 Å². The monoisotopic (exact) mass is 388 g/mol. The number of aromatic nitrogens is 2. The van der Waals surface area contributed by atoms with Gasteiger partial charge in [-0.2, -0.15) is 5.10 Å². The minimum absolute atomic E-state index is 0.0169. The summed E-state index contributed by atoms with van der Waals surface area (Å²) in [6, 6.07) is 9.51. The number of nitrogens with one attached hydrogen (secondary N) is 1. The van der Waals surface area contributed by atoms with Crippen LogP contribution in [0.15, 0.2) is 36.5 Å². The molecular formula is C19H24N4O3S. The molecule has 2 aliphatic heterocycles. The van der Waals surface area contributed by atoms with Crippen molar-refractivity contribution >= 4 is 21.4 Å². The Kier molecular flexibility index (Phi) is 4.90. The number of hydrogen-bond donors (Lipinski definition) is 1. The first kappa shape index (κ1) is 18.0. The third-order valence-corrected chi connectivity index (χ3v) is 7.10. The van der Waals surface area contributed by atoms with Crippen LogP contribution in [0, 0.1) is 0 Å². The molecule has 3 heterocycles. The molecule has 144 valence electrons. The van der Waals surface area contributed by atoms with E-state index in [1.54, 1.807) is 6.20 Å². The first-order valence-corrected chi connectivity index (χ1v) is 11.2. The first-order chi connectivity index (χ1) is 13.0. The van der Waals surface area contributed by atoms with E-state index >= 15 is 0 Å². The predicted molar refractivity (Wildman–Crippen MR) is 104 cm³/mol. The Morgan fingerprint density at radius 1 is 1.11 bits per heavy atom. The molecule has 2 aromatic rings. The molecule has 0 saturated carbocycles. The van der Waals surface area contributed by atoms with Gasteiger partial charge in [-0.25, -0.2) is 8.42 Å². The van der Waals surface area contributed by atoms with Crippen molar-refractivity contribution in [1.29, 1.82) is 0 Å². The molecule has 0 spiro atoms. The number of likely N-dealkylation sites (tertiary alicyclic amines) is 1. The Morgan fingerprint density at radius 3 is 2.63 bits per heavy atom. The quantitative estimate of drug-likeness (QED) is 0.864. The van der Waals surface area contributed by atoms with Crippen LogP contribution < -0.4 is 4.90 Å². The summed E-state index contributed by atoms with van der Waals surface area (Å²) >= 11 is 0. The Hall–Kier alpha value is -2.35. The topological polar surface area (TPSA) is 86.4 Å². The minimum atomic E-state index is -2.96. The maximum Gasteiger partial charge on any atom is 0.255 e. The van der Waals surface area contributed by atoms with Gasteiger partial charge in [-0.05, 0) is 31.0 Å². The molecule has 0 aliphatic carbocycles. The van der Waals surface area contributed by atoms with Gasteiger partial charge < -0.3 is 9.80 Å². The van der Waals surface area contributed by atoms with Gasteiger partial charge in [0.25, 0.3) is 5.91 Å². The molecule has 1 unspecified atom stereocenters. The second kappa shape index (κ2) is 7.34. The number of amides is 1. The normalized spacial score (nSPS) is 22.6. The second-order valence-electron chi connectivity index (χ2n) is 7.26. The van der Waals surface area contributed by atoms with Gasteiger partial charge in [-0.3, -0.25) is 9.89 Å². The lowest BCUT2D eigenvalue weighted by Gasteiger charge is -2.34. The van der Waals surface area contributed by atoms with Gasteiger partial charge in [0.2, 0.25) is 0 Å². The molecule has 2 saturated heterocycles. The van der Waals surface area contributed by atoms with Crippen LogP contribution >= 0.6 is 0 Å². The summed E-state index contributed by atoms with van der Waals surface area (Å²) in [6.07, 6.45) is 3.74. The molecule has 1 atom stereocenters. The number of nitrogens with zero attached hydrogens (tertiary/aromatic N) is 3. The standard InChI is InChI=1S/C19H24N4O3S/c24-19(23-9-3-4-15(14-23)17-7-8-20-21-17)16-5-1-2-6-18(16)22-10-12-27(25,26)13-11-22/h1-2,5-8,15H,3-4,9-14H2,(H,20,21). The van der Waals surface area contributed by atoms with E-state index in [4.69, 9.17) is 0 Å². The summed E-state index contributed by atoms with van der Waals surface area (Å²) < 4.78 is 23.5. The minimum Gasteiger partial charge on any atom is -0.369 e. The van der Waals surface area contributed by atoms with Crippen LogP contribution in [0.3, 0.4) is 0 Å². The maximum atomic E-state index is 13.3. The summed E-state index contributed by atoms with van der Waals surface area (Å²) in [5.74, 6) is 0.572. The first-order valence-electron chi connectivity index (χ1n) is 9.36. The fourth-order valence-electron chi connectivity index (χ4n) is 3.96. The molecule has 1 amide bonds. The number of rotatable bonds is 3. The number of para-hydroxylation sites is 1. The summed E-state index contributed by atoms with van der Waals surface area (Å²) in [6.45, 7) is 2.28. The third kappa shape index (κ3) is 3.85. The van der Waals surface area contributed by atoms with E-state index in [0.29, 0.717) is 25.2 Å². The molecule has 0 radical (unpaired) electrons. The summed E-state index contributed by atoms with van der Waals surface area (Å²) in [4.78, 5) is 17.2. The Labute approximate surface area is 159 Å². The van der Waals surface area contributed by atoms with E-state index in [1.807, 2.05) is 40.1 Å². The lowest BCUT2D eigenvalue weighted by Crippen LogP contribution is -2.43. The SMILES string of the molecule is O=C(c1ccccc1N1CCS(=O)(=O)CC1)N1CCCC(c2ccn[nH]2)C1. The van der Waals surface area contributed by atoms with E-state index in [9.17, 15) is 13.2 Å². The van der Waals surface area contributed by atoms with E-state index in [0.717, 1.165) is 30.8 Å². The van der Waals surface area contributed by atoms with E-state index in [2.05, 4.69) is 10.2 Å². The summed E-state index contributed by atoms with van der Waals surface area (Å²) in [5.41, 5.74) is 2.56. The number of carbonyl (C=O) groups excluding carboxylic acids is 1. The zero-order valence-corrected chi connectivity index (χ0v) is 16.0. The maximum absolute atomic E-state index is 13.3. The van der Waals surface area contributed by atoms with Crippen molar-refractivity contribution in [3.05, 3.63) is 47.8 Å². The highest BCUT2D eigenvalue weighted by molar-refractivity contribution is 7.91. The Bertz CT molecular complexity index is 897. The van der Waals surface area contributed by atoms with Crippen molar-refractivity contribution in [3.63, 3.8) is 0 Å². The number of sulfone groups is 1. The average molecular weight is 388 g/mol. The Morgan fingerprint density at radius 2 is 1.89 bits per heavy atom. The molecule has 0 bridgehead atoms. The molecule has 8 heteroatoms. The number of H-pyrrole nitrogens is 1. The van der Waals surface area contributed by atoms with Crippen LogP contribution in [0.5, 0.6) is 0 Å². The van der Waals surface area contributed by atoms with Crippen LogP contribution in [0.4, 0.5) is 5.69 Å². The molecular weight excluding hydrogens is 364 g/mol. The molecule has 1 aromatic heterocycles. The van der Waals surface area contributed by atoms with Gasteiger partial charge in [0.05, 0.1) is 17.1 Å².